The molecule has 2 aromatic carbocycles. The van der Waals surface area contributed by atoms with Gasteiger partial charge in [-0.15, -0.1) is 12.4 Å². The number of benzene rings is 2. The number of guanidine groups is 2. The van der Waals surface area contributed by atoms with Gasteiger partial charge in [0.15, 0.2) is 0 Å². The predicted octanol–water partition coefficient (Wildman–Crippen LogP) is 4.40. The topological polar surface area (TPSA) is 69.2 Å². The Labute approximate surface area is 180 Å². The zero-order valence-corrected chi connectivity index (χ0v) is 17.4. The van der Waals surface area contributed by atoms with Crippen LogP contribution in [0.2, 0.25) is 10.0 Å². The highest BCUT2D eigenvalue weighted by molar-refractivity contribution is 6.31. The highest BCUT2D eigenvalue weighted by Crippen LogP contribution is 2.27. The van der Waals surface area contributed by atoms with E-state index in [-0.39, 0.29) is 18.4 Å². The first-order valence-electron chi connectivity index (χ1n) is 8.84. The average molecular weight is 440 g/mol. The molecule has 0 spiro atoms. The first-order chi connectivity index (χ1) is 13.1. The van der Waals surface area contributed by atoms with E-state index in [0.29, 0.717) is 10.0 Å². The van der Waals surface area contributed by atoms with Crippen LogP contribution in [0.3, 0.4) is 0 Å². The summed E-state index contributed by atoms with van der Waals surface area (Å²) in [7, 11) is 0. The zero-order chi connectivity index (χ0) is 18.8. The normalized spacial score (nSPS) is 19.0. The molecule has 0 aliphatic carbocycles. The van der Waals surface area contributed by atoms with Crippen molar-refractivity contribution in [1.82, 2.24) is 4.90 Å². The number of rotatable bonds is 3. The molecule has 1 saturated heterocycles. The molecule has 1 fully saturated rings. The van der Waals surface area contributed by atoms with Crippen LogP contribution in [0.15, 0.2) is 58.5 Å². The Balaban J connectivity index is 0.00000225. The van der Waals surface area contributed by atoms with Crippen molar-refractivity contribution < 1.29 is 0 Å². The Kier molecular flexibility index (Phi) is 6.54. The summed E-state index contributed by atoms with van der Waals surface area (Å²) in [4.78, 5) is 13.4. The van der Waals surface area contributed by atoms with E-state index in [1.807, 2.05) is 53.4 Å². The zero-order valence-electron chi connectivity index (χ0n) is 15.1. The first kappa shape index (κ1) is 20.6. The number of nitrogens with two attached hydrogens (primary N) is 1. The molecular formula is C19H21Cl3N6. The Morgan fingerprint density at radius 3 is 2.39 bits per heavy atom. The Morgan fingerprint density at radius 1 is 1.00 bits per heavy atom. The van der Waals surface area contributed by atoms with Crippen LogP contribution in [0.25, 0.3) is 0 Å². The van der Waals surface area contributed by atoms with Crippen molar-refractivity contribution in [1.29, 1.82) is 0 Å². The van der Waals surface area contributed by atoms with Crippen LogP contribution in [0, 0.1) is 0 Å². The van der Waals surface area contributed by atoms with E-state index in [2.05, 4.69) is 20.2 Å². The Bertz CT molecular complexity index is 877. The van der Waals surface area contributed by atoms with Gasteiger partial charge in [0.25, 0.3) is 0 Å². The predicted molar refractivity (Wildman–Crippen MR) is 120 cm³/mol. The summed E-state index contributed by atoms with van der Waals surface area (Å²) in [6.07, 6.45) is 1.83. The van der Waals surface area contributed by atoms with E-state index in [1.165, 1.54) is 0 Å². The molecule has 0 amide bonds. The highest BCUT2D eigenvalue weighted by atomic mass is 35.5. The van der Waals surface area contributed by atoms with Gasteiger partial charge in [-0.1, -0.05) is 29.3 Å². The van der Waals surface area contributed by atoms with Crippen molar-refractivity contribution in [3.8, 4) is 0 Å². The van der Waals surface area contributed by atoms with Gasteiger partial charge in [-0.25, -0.2) is 4.99 Å². The summed E-state index contributed by atoms with van der Waals surface area (Å²) < 4.78 is 0. The van der Waals surface area contributed by atoms with E-state index in [4.69, 9.17) is 28.9 Å². The van der Waals surface area contributed by atoms with E-state index < -0.39 is 6.29 Å². The molecule has 28 heavy (non-hydrogen) atoms. The number of nitrogens with one attached hydrogen (secondary N) is 1. The number of likely N-dealkylation sites (tertiary alicyclic amines) is 1. The lowest BCUT2D eigenvalue weighted by Crippen LogP contribution is -2.54. The van der Waals surface area contributed by atoms with Crippen LogP contribution >= 0.6 is 35.6 Å². The van der Waals surface area contributed by atoms with Crippen LogP contribution in [0.1, 0.15) is 12.8 Å². The molecule has 3 N–H and O–H groups in total. The van der Waals surface area contributed by atoms with E-state index in [9.17, 15) is 0 Å². The van der Waals surface area contributed by atoms with Crippen LogP contribution in [0.4, 0.5) is 11.4 Å². The molecule has 2 aliphatic rings. The van der Waals surface area contributed by atoms with Gasteiger partial charge in [-0.3, -0.25) is 4.90 Å². The van der Waals surface area contributed by atoms with Crippen LogP contribution < -0.4 is 16.0 Å². The molecule has 6 nitrogen and oxygen atoms in total. The Morgan fingerprint density at radius 2 is 1.71 bits per heavy atom. The molecule has 0 saturated carbocycles. The maximum atomic E-state index is 6.13. The summed E-state index contributed by atoms with van der Waals surface area (Å²) in [5, 5.41) is 4.73. The van der Waals surface area contributed by atoms with Crippen molar-refractivity contribution >= 4 is 58.9 Å². The largest absolute Gasteiger partial charge is 0.368 e. The fourth-order valence-electron chi connectivity index (χ4n) is 3.30. The van der Waals surface area contributed by atoms with Crippen molar-refractivity contribution in [2.45, 2.75) is 19.1 Å². The maximum absolute atomic E-state index is 6.13. The summed E-state index contributed by atoms with van der Waals surface area (Å²) in [5.41, 5.74) is 7.84. The van der Waals surface area contributed by atoms with Crippen molar-refractivity contribution in [3.63, 3.8) is 0 Å². The van der Waals surface area contributed by atoms with Crippen LogP contribution in [0.5, 0.6) is 0 Å². The second-order valence-corrected chi connectivity index (χ2v) is 7.34. The highest BCUT2D eigenvalue weighted by Gasteiger charge is 2.32. The molecule has 2 aromatic rings. The number of aliphatic imine (C=N–C) groups is 2. The van der Waals surface area contributed by atoms with Gasteiger partial charge in [0.2, 0.25) is 18.2 Å². The first-order valence-corrected chi connectivity index (χ1v) is 9.59. The third-order valence-electron chi connectivity index (χ3n) is 4.54. The lowest BCUT2D eigenvalue weighted by molar-refractivity contribution is 0.497. The van der Waals surface area contributed by atoms with Crippen LogP contribution in [-0.2, 0) is 0 Å². The molecule has 0 aromatic heterocycles. The van der Waals surface area contributed by atoms with Crippen LogP contribution in [-0.4, -0.2) is 36.2 Å². The summed E-state index contributed by atoms with van der Waals surface area (Å²) in [6.45, 7) is 1.89. The van der Waals surface area contributed by atoms with E-state index >= 15 is 0 Å². The van der Waals surface area contributed by atoms with Gasteiger partial charge in [0.1, 0.15) is 0 Å². The summed E-state index contributed by atoms with van der Waals surface area (Å²) in [6, 6.07) is 15.2. The number of hydrogen-bond donors (Lipinski definition) is 2. The smallest absolute Gasteiger partial charge is 0.222 e. The lowest BCUT2D eigenvalue weighted by atomic mass is 10.2. The minimum atomic E-state index is -0.447. The molecule has 148 valence electrons. The molecule has 2 aliphatic heterocycles. The van der Waals surface area contributed by atoms with Crippen molar-refractivity contribution in [3.05, 3.63) is 58.6 Å². The van der Waals surface area contributed by atoms with Gasteiger partial charge in [-0.05, 0) is 55.3 Å². The van der Waals surface area contributed by atoms with Crippen molar-refractivity contribution in [2.75, 3.05) is 23.3 Å². The standard InChI is InChI=1S/C19H20Cl2N6.ClH/c20-13-6-8-16(9-7-13)27-18(23-15-5-3-4-14(21)12-15)24-17(22)25-19(27)26-10-1-2-11-26;/h3-9,12,18,23H,1-2,10-11H2,(H2,22,24);1H. The quantitative estimate of drug-likeness (QED) is 0.744. The number of halogens is 3. The van der Waals surface area contributed by atoms with E-state index in [1.54, 1.807) is 0 Å². The maximum Gasteiger partial charge on any atom is 0.222 e. The van der Waals surface area contributed by atoms with Crippen molar-refractivity contribution in [2.24, 2.45) is 15.7 Å². The van der Waals surface area contributed by atoms with Gasteiger partial charge in [0, 0.05) is 34.5 Å². The number of nitrogens with zero attached hydrogens (tertiary/aromatic N) is 4. The molecule has 2 heterocycles. The minimum absolute atomic E-state index is 0. The minimum Gasteiger partial charge on any atom is -0.368 e. The average Bonchev–Trinajstić information content (AvgIpc) is 3.17. The van der Waals surface area contributed by atoms with E-state index in [0.717, 1.165) is 43.3 Å². The van der Waals surface area contributed by atoms with Gasteiger partial charge in [-0.2, -0.15) is 4.99 Å². The SMILES string of the molecule is Cl.NC1=NC(Nc2cccc(Cl)c2)N(c2ccc(Cl)cc2)C(N2CCCC2)=N1. The summed E-state index contributed by atoms with van der Waals surface area (Å²) in [5.74, 6) is 1.04. The van der Waals surface area contributed by atoms with Gasteiger partial charge >= 0.3 is 0 Å². The number of anilines is 2. The molecular weight excluding hydrogens is 419 g/mol. The number of hydrogen-bond acceptors (Lipinski definition) is 6. The fourth-order valence-corrected chi connectivity index (χ4v) is 3.62. The Hall–Kier alpha value is -2.15. The second-order valence-electron chi connectivity index (χ2n) is 6.47. The molecule has 0 bridgehead atoms. The monoisotopic (exact) mass is 438 g/mol. The molecule has 0 radical (unpaired) electrons. The lowest BCUT2D eigenvalue weighted by Gasteiger charge is -2.38. The summed E-state index contributed by atoms with van der Waals surface area (Å²) >= 11 is 12.2. The van der Waals surface area contributed by atoms with Gasteiger partial charge in [0.05, 0.1) is 0 Å². The molecule has 9 heteroatoms. The molecule has 1 unspecified atom stereocenters. The second kappa shape index (κ2) is 8.90. The van der Waals surface area contributed by atoms with Gasteiger partial charge < -0.3 is 16.0 Å². The third-order valence-corrected chi connectivity index (χ3v) is 5.03. The third kappa shape index (κ3) is 4.46. The molecule has 1 atom stereocenters. The fraction of sp³-hybridized carbons (Fsp3) is 0.263. The molecule has 4 rings (SSSR count).